The molecule has 1 aliphatic heterocycles. The second-order valence-corrected chi connectivity index (χ2v) is 16.6. The molecule has 2 aliphatic carbocycles. The predicted molar refractivity (Wildman–Crippen MR) is 212 cm³/mol. The van der Waals surface area contributed by atoms with Crippen molar-refractivity contribution in [1.82, 2.24) is 0 Å². The third-order valence-electron chi connectivity index (χ3n) is 10.8. The van der Waals surface area contributed by atoms with Crippen LogP contribution in [0.1, 0.15) is 127 Å². The van der Waals surface area contributed by atoms with Crippen molar-refractivity contribution in [2.24, 2.45) is 10.8 Å². The first-order valence-corrected chi connectivity index (χ1v) is 19.1. The molecule has 52 heavy (non-hydrogen) atoms. The Kier molecular flexibility index (Phi) is 15.3. The van der Waals surface area contributed by atoms with Gasteiger partial charge in [-0.15, -0.1) is 0 Å². The highest BCUT2D eigenvalue weighted by Gasteiger charge is 2.76. The Morgan fingerprint density at radius 3 is 2.10 bits per heavy atom. The van der Waals surface area contributed by atoms with E-state index in [0.29, 0.717) is 44.1 Å². The summed E-state index contributed by atoms with van der Waals surface area (Å²) < 4.78 is 11.8. The van der Waals surface area contributed by atoms with E-state index in [1.54, 1.807) is 0 Å². The molecule has 1 saturated heterocycles. The summed E-state index contributed by atoms with van der Waals surface area (Å²) in [6.07, 6.45) is 24.9. The first-order valence-electron chi connectivity index (χ1n) is 19.1. The van der Waals surface area contributed by atoms with Crippen molar-refractivity contribution in [3.63, 3.8) is 0 Å². The Labute approximate surface area is 314 Å². The zero-order valence-electron chi connectivity index (χ0n) is 33.5. The van der Waals surface area contributed by atoms with Crippen LogP contribution in [-0.4, -0.2) is 52.0 Å². The average molecular weight is 713 g/mol. The van der Waals surface area contributed by atoms with Crippen LogP contribution in [0, 0.1) is 22.7 Å². The lowest BCUT2D eigenvalue weighted by Crippen LogP contribution is -2.48. The number of aliphatic hydroxyl groups excluding tert-OH is 2. The molecule has 2 fully saturated rings. The maximum absolute atomic E-state index is 13.1. The zero-order valence-corrected chi connectivity index (χ0v) is 33.5. The highest BCUT2D eigenvalue weighted by atomic mass is 16.6. The summed E-state index contributed by atoms with van der Waals surface area (Å²) in [4.78, 5) is 25.5. The van der Waals surface area contributed by atoms with Crippen molar-refractivity contribution < 1.29 is 29.3 Å². The van der Waals surface area contributed by atoms with E-state index in [9.17, 15) is 19.8 Å². The number of rotatable bonds is 15. The molecule has 0 aromatic heterocycles. The fourth-order valence-electron chi connectivity index (χ4n) is 7.89. The Morgan fingerprint density at radius 2 is 1.50 bits per heavy atom. The summed E-state index contributed by atoms with van der Waals surface area (Å²) in [5, 5.41) is 20.6. The van der Waals surface area contributed by atoms with Gasteiger partial charge in [-0.1, -0.05) is 131 Å². The van der Waals surface area contributed by atoms with E-state index < -0.39 is 17.3 Å². The van der Waals surface area contributed by atoms with Gasteiger partial charge in [-0.2, -0.15) is 0 Å². The van der Waals surface area contributed by atoms with E-state index in [1.165, 1.54) is 0 Å². The highest BCUT2D eigenvalue weighted by Crippen LogP contribution is 2.67. The van der Waals surface area contributed by atoms with Gasteiger partial charge < -0.3 is 19.7 Å². The molecule has 284 valence electrons. The molecule has 1 heterocycles. The zero-order chi connectivity index (χ0) is 38.7. The highest BCUT2D eigenvalue weighted by molar-refractivity contribution is 5.96. The van der Waals surface area contributed by atoms with Gasteiger partial charge in [-0.25, -0.2) is 0 Å². The molecular formula is C46H64O6. The molecule has 0 spiro atoms. The number of esters is 1. The largest absolute Gasteiger partial charge is 0.460 e. The monoisotopic (exact) mass is 712 g/mol. The molecule has 6 nitrogen and oxygen atoms in total. The van der Waals surface area contributed by atoms with Gasteiger partial charge in [0, 0.05) is 35.8 Å². The van der Waals surface area contributed by atoms with E-state index >= 15 is 0 Å². The van der Waals surface area contributed by atoms with Crippen molar-refractivity contribution in [2.45, 2.75) is 150 Å². The lowest BCUT2D eigenvalue weighted by atomic mass is 9.61. The van der Waals surface area contributed by atoms with Gasteiger partial charge in [0.1, 0.15) is 12.2 Å². The van der Waals surface area contributed by atoms with Crippen LogP contribution in [0.15, 0.2) is 94.2 Å². The smallest absolute Gasteiger partial charge is 0.306 e. The molecular weight excluding hydrogens is 649 g/mol. The fraction of sp³-hybridized carbons (Fsp3) is 0.565. The van der Waals surface area contributed by atoms with Gasteiger partial charge in [0.05, 0.1) is 17.8 Å². The standard InChI is InChI=1S/C46H64O6/c1-11-12-13-24-42(50)51-32-37(25-26-40-36(5)27-38(47)28-43(40,6)7)23-17-21-34(3)19-15-14-18-33(2)20-16-22-35(4)41(49)31-46-44(8,9)29-39(48)30-45(46,10)52-46/h14-23,38-39,47-48H,11-13,24,27-32H2,1-10H3. The van der Waals surface area contributed by atoms with Gasteiger partial charge in [0.15, 0.2) is 5.78 Å². The second-order valence-electron chi connectivity index (χ2n) is 16.6. The van der Waals surface area contributed by atoms with E-state index in [2.05, 4.69) is 46.5 Å². The molecule has 2 N–H and O–H groups in total. The van der Waals surface area contributed by atoms with Crippen molar-refractivity contribution in [2.75, 3.05) is 6.61 Å². The van der Waals surface area contributed by atoms with E-state index in [1.807, 2.05) is 95.4 Å². The van der Waals surface area contributed by atoms with Crippen LogP contribution in [0.2, 0.25) is 0 Å². The summed E-state index contributed by atoms with van der Waals surface area (Å²) in [5.74, 6) is 6.49. The van der Waals surface area contributed by atoms with E-state index in [-0.39, 0.29) is 35.3 Å². The molecule has 4 atom stereocenters. The van der Waals surface area contributed by atoms with Crippen LogP contribution in [0.3, 0.4) is 0 Å². The molecule has 0 aromatic carbocycles. The number of hydrogen-bond donors (Lipinski definition) is 2. The lowest BCUT2D eigenvalue weighted by molar-refractivity contribution is -0.142. The number of fused-ring (bicyclic) bond motifs is 1. The number of unbranched alkanes of at least 4 members (excludes halogenated alkanes) is 2. The quantitative estimate of drug-likeness (QED) is 0.0439. The van der Waals surface area contributed by atoms with Gasteiger partial charge in [-0.05, 0) is 77.4 Å². The summed E-state index contributed by atoms with van der Waals surface area (Å²) in [6.45, 7) is 20.6. The molecule has 6 heteroatoms. The molecule has 3 aliphatic rings. The first kappa shape index (κ1) is 42.9. The SMILES string of the molecule is CCCCCC(=O)OCC(C#CC1=C(C)CC(O)CC1(C)C)=CC=CC(C)=CC=CC=C(C)C=CC=C(C)C(=O)CC12OC1(C)CC(O)CC2(C)C. The Balaban J connectivity index is 1.61. The summed E-state index contributed by atoms with van der Waals surface area (Å²) >= 11 is 0. The van der Waals surface area contributed by atoms with Crippen LogP contribution < -0.4 is 0 Å². The van der Waals surface area contributed by atoms with E-state index in [0.717, 1.165) is 47.1 Å². The molecule has 0 aromatic rings. The van der Waals surface area contributed by atoms with E-state index in [4.69, 9.17) is 9.47 Å². The van der Waals surface area contributed by atoms with Gasteiger partial charge in [0.25, 0.3) is 0 Å². The predicted octanol–water partition coefficient (Wildman–Crippen LogP) is 9.71. The number of ketones is 1. The summed E-state index contributed by atoms with van der Waals surface area (Å²) in [6, 6.07) is 0. The third-order valence-corrected chi connectivity index (χ3v) is 10.8. The number of epoxide rings is 1. The molecule has 3 rings (SSSR count). The normalized spacial score (nSPS) is 27.9. The number of ether oxygens (including phenoxy) is 2. The minimum absolute atomic E-state index is 0.0758. The minimum atomic E-state index is -0.513. The third kappa shape index (κ3) is 11.8. The van der Waals surface area contributed by atoms with Gasteiger partial charge >= 0.3 is 5.97 Å². The number of aliphatic hydroxyl groups is 2. The summed E-state index contributed by atoms with van der Waals surface area (Å²) in [5.41, 5.74) is 4.21. The van der Waals surface area contributed by atoms with Crippen molar-refractivity contribution in [1.29, 1.82) is 0 Å². The minimum Gasteiger partial charge on any atom is -0.460 e. The molecule has 0 radical (unpaired) electrons. The van der Waals surface area contributed by atoms with Crippen LogP contribution in [0.25, 0.3) is 0 Å². The average Bonchev–Trinajstić information content (AvgIpc) is 3.65. The Hall–Kier alpha value is -3.50. The number of carbonyl (C=O) groups excluding carboxylic acids is 2. The maximum Gasteiger partial charge on any atom is 0.306 e. The summed E-state index contributed by atoms with van der Waals surface area (Å²) in [7, 11) is 0. The Morgan fingerprint density at radius 1 is 0.865 bits per heavy atom. The van der Waals surface area contributed by atoms with Gasteiger partial charge in [-0.3, -0.25) is 9.59 Å². The van der Waals surface area contributed by atoms with Crippen molar-refractivity contribution in [3.8, 4) is 11.8 Å². The molecule has 0 amide bonds. The number of Topliss-reactive ketones (excluding diaryl/α,β-unsaturated/α-hetero) is 1. The lowest BCUT2D eigenvalue weighted by Gasteiger charge is -2.40. The first-order chi connectivity index (χ1) is 24.3. The second kappa shape index (κ2) is 18.5. The Bertz CT molecular complexity index is 1630. The topological polar surface area (TPSA) is 96.4 Å². The van der Waals surface area contributed by atoms with Crippen LogP contribution >= 0.6 is 0 Å². The van der Waals surface area contributed by atoms with Crippen LogP contribution in [0.4, 0.5) is 0 Å². The van der Waals surface area contributed by atoms with Crippen molar-refractivity contribution >= 4 is 11.8 Å². The fourth-order valence-corrected chi connectivity index (χ4v) is 7.89. The van der Waals surface area contributed by atoms with Gasteiger partial charge in [0.2, 0.25) is 0 Å². The van der Waals surface area contributed by atoms with Crippen LogP contribution in [-0.2, 0) is 19.1 Å². The number of carbonyl (C=O) groups is 2. The molecule has 1 saturated carbocycles. The molecule has 0 bridgehead atoms. The number of hydrogen-bond acceptors (Lipinski definition) is 6. The van der Waals surface area contributed by atoms with Crippen molar-refractivity contribution in [3.05, 3.63) is 94.2 Å². The van der Waals surface area contributed by atoms with Crippen LogP contribution in [0.5, 0.6) is 0 Å². The number of allylic oxidation sites excluding steroid dienone is 14. The molecule has 4 unspecified atom stereocenters. The maximum atomic E-state index is 13.1.